The molecule has 0 fully saturated rings. The van der Waals surface area contributed by atoms with Crippen molar-refractivity contribution in [2.45, 2.75) is 6.92 Å². The van der Waals surface area contributed by atoms with Gasteiger partial charge in [0.05, 0.1) is 5.39 Å². The van der Waals surface area contributed by atoms with E-state index in [0.717, 1.165) is 15.6 Å². The van der Waals surface area contributed by atoms with E-state index in [2.05, 4.69) is 31.1 Å². The molecule has 3 N–H and O–H groups in total. The number of hydrogen-bond acceptors (Lipinski definition) is 3. The van der Waals surface area contributed by atoms with Gasteiger partial charge in [-0.25, -0.2) is 4.98 Å². The summed E-state index contributed by atoms with van der Waals surface area (Å²) in [6.07, 6.45) is 0. The van der Waals surface area contributed by atoms with Crippen molar-refractivity contribution in [3.63, 3.8) is 0 Å². The summed E-state index contributed by atoms with van der Waals surface area (Å²) in [6.45, 7) is 1.91. The molecular formula is C7H7BrN4. The minimum Gasteiger partial charge on any atom is -0.383 e. The van der Waals surface area contributed by atoms with Gasteiger partial charge >= 0.3 is 0 Å². The lowest BCUT2D eigenvalue weighted by Gasteiger charge is -1.95. The Labute approximate surface area is 77.3 Å². The number of fused-ring (bicyclic) bond motifs is 1. The Kier molecular flexibility index (Phi) is 1.54. The van der Waals surface area contributed by atoms with Crippen LogP contribution in [0.1, 0.15) is 5.69 Å². The second kappa shape index (κ2) is 2.45. The summed E-state index contributed by atoms with van der Waals surface area (Å²) < 4.78 is 0.927. The van der Waals surface area contributed by atoms with E-state index in [1.807, 2.05) is 13.0 Å². The Morgan fingerprint density at radius 3 is 3.08 bits per heavy atom. The van der Waals surface area contributed by atoms with E-state index in [4.69, 9.17) is 5.73 Å². The normalized spacial score (nSPS) is 10.8. The molecule has 2 aromatic heterocycles. The predicted octanol–water partition coefficient (Wildman–Crippen LogP) is 1.61. The number of rotatable bonds is 0. The van der Waals surface area contributed by atoms with Gasteiger partial charge in [0.2, 0.25) is 0 Å². The molecule has 0 atom stereocenters. The number of aromatic amines is 1. The van der Waals surface area contributed by atoms with Crippen LogP contribution in [0.15, 0.2) is 10.5 Å². The Morgan fingerprint density at radius 1 is 1.58 bits per heavy atom. The van der Waals surface area contributed by atoms with Crippen LogP contribution in [0.2, 0.25) is 0 Å². The topological polar surface area (TPSA) is 67.6 Å². The average Bonchev–Trinajstić information content (AvgIpc) is 2.31. The zero-order valence-corrected chi connectivity index (χ0v) is 8.01. The Bertz CT molecular complexity index is 434. The highest BCUT2D eigenvalue weighted by Crippen LogP contribution is 2.26. The molecule has 0 aliphatic rings. The molecule has 0 spiro atoms. The van der Waals surface area contributed by atoms with Crippen molar-refractivity contribution in [3.8, 4) is 0 Å². The zero-order valence-electron chi connectivity index (χ0n) is 6.43. The molecule has 4 nitrogen and oxygen atoms in total. The van der Waals surface area contributed by atoms with Gasteiger partial charge in [0.15, 0.2) is 5.65 Å². The van der Waals surface area contributed by atoms with Crippen LogP contribution in [0.5, 0.6) is 0 Å². The molecular weight excluding hydrogens is 220 g/mol. The van der Waals surface area contributed by atoms with Crippen LogP contribution in [0.4, 0.5) is 5.82 Å². The second-order valence-electron chi connectivity index (χ2n) is 2.58. The van der Waals surface area contributed by atoms with E-state index in [1.165, 1.54) is 0 Å². The second-order valence-corrected chi connectivity index (χ2v) is 3.44. The van der Waals surface area contributed by atoms with Gasteiger partial charge in [-0.15, -0.1) is 0 Å². The number of nitrogen functional groups attached to an aromatic ring is 1. The number of pyridine rings is 1. The largest absolute Gasteiger partial charge is 0.383 e. The molecule has 0 unspecified atom stereocenters. The summed E-state index contributed by atoms with van der Waals surface area (Å²) in [5, 5.41) is 7.48. The van der Waals surface area contributed by atoms with Gasteiger partial charge in [-0.05, 0) is 28.9 Å². The third-order valence-electron chi connectivity index (χ3n) is 1.63. The molecule has 12 heavy (non-hydrogen) atoms. The van der Waals surface area contributed by atoms with Crippen LogP contribution in [0.25, 0.3) is 11.0 Å². The predicted molar refractivity (Wildman–Crippen MR) is 50.7 cm³/mol. The molecule has 62 valence electrons. The van der Waals surface area contributed by atoms with Gasteiger partial charge in [0.1, 0.15) is 5.82 Å². The highest BCUT2D eigenvalue weighted by Gasteiger charge is 2.07. The van der Waals surface area contributed by atoms with Gasteiger partial charge in [0.25, 0.3) is 0 Å². The lowest BCUT2D eigenvalue weighted by Crippen LogP contribution is -1.86. The highest BCUT2D eigenvalue weighted by atomic mass is 79.9. The molecule has 0 aliphatic carbocycles. The van der Waals surface area contributed by atoms with E-state index in [-0.39, 0.29) is 0 Å². The lowest BCUT2D eigenvalue weighted by atomic mass is 10.3. The summed E-state index contributed by atoms with van der Waals surface area (Å²) in [7, 11) is 0. The van der Waals surface area contributed by atoms with Crippen molar-refractivity contribution < 1.29 is 0 Å². The maximum atomic E-state index is 5.64. The molecule has 5 heteroatoms. The van der Waals surface area contributed by atoms with Gasteiger partial charge in [-0.2, -0.15) is 5.10 Å². The molecule has 0 aliphatic heterocycles. The van der Waals surface area contributed by atoms with E-state index < -0.39 is 0 Å². The van der Waals surface area contributed by atoms with Crippen molar-refractivity contribution in [2.24, 2.45) is 0 Å². The molecule has 0 bridgehead atoms. The van der Waals surface area contributed by atoms with E-state index in [9.17, 15) is 0 Å². The number of H-pyrrole nitrogens is 1. The van der Waals surface area contributed by atoms with Crippen molar-refractivity contribution >= 4 is 32.8 Å². The number of nitrogens with two attached hydrogens (primary N) is 1. The standard InChI is InChI=1S/C7H7BrN4/c1-3-2-4(8)5-6(9)11-12-7(5)10-3/h2H,1H3,(H3,9,10,11,12). The highest BCUT2D eigenvalue weighted by molar-refractivity contribution is 9.10. The van der Waals surface area contributed by atoms with Gasteiger partial charge in [-0.3, -0.25) is 5.10 Å². The summed E-state index contributed by atoms with van der Waals surface area (Å²) in [4.78, 5) is 4.20. The monoisotopic (exact) mass is 226 g/mol. The first-order valence-corrected chi connectivity index (χ1v) is 4.24. The first-order chi connectivity index (χ1) is 5.68. The first kappa shape index (κ1) is 7.54. The minimum absolute atomic E-state index is 0.546. The van der Waals surface area contributed by atoms with E-state index in [0.29, 0.717) is 11.5 Å². The number of nitrogens with one attached hydrogen (secondary N) is 1. The number of aryl methyl sites for hydroxylation is 1. The zero-order chi connectivity index (χ0) is 8.72. The smallest absolute Gasteiger partial charge is 0.184 e. The lowest BCUT2D eigenvalue weighted by molar-refractivity contribution is 1.09. The molecule has 2 heterocycles. The summed E-state index contributed by atoms with van der Waals surface area (Å²) >= 11 is 3.40. The quantitative estimate of drug-likeness (QED) is 0.718. The average molecular weight is 227 g/mol. The molecule has 0 saturated carbocycles. The number of nitrogens with zero attached hydrogens (tertiary/aromatic N) is 2. The third-order valence-corrected chi connectivity index (χ3v) is 2.26. The first-order valence-electron chi connectivity index (χ1n) is 3.45. The Balaban J connectivity index is 2.93. The van der Waals surface area contributed by atoms with Crippen molar-refractivity contribution in [1.29, 1.82) is 0 Å². The molecule has 0 saturated heterocycles. The Morgan fingerprint density at radius 2 is 2.33 bits per heavy atom. The van der Waals surface area contributed by atoms with Crippen LogP contribution in [0, 0.1) is 6.92 Å². The number of aromatic nitrogens is 3. The van der Waals surface area contributed by atoms with Crippen LogP contribution >= 0.6 is 15.9 Å². The summed E-state index contributed by atoms with van der Waals surface area (Å²) in [5.41, 5.74) is 7.21. The van der Waals surface area contributed by atoms with Crippen LogP contribution in [0.3, 0.4) is 0 Å². The Hall–Kier alpha value is -1.10. The molecule has 0 amide bonds. The van der Waals surface area contributed by atoms with Crippen molar-refractivity contribution in [2.75, 3.05) is 5.73 Å². The number of hydrogen-bond donors (Lipinski definition) is 2. The maximum absolute atomic E-state index is 5.64. The van der Waals surface area contributed by atoms with E-state index in [1.54, 1.807) is 0 Å². The molecule has 2 rings (SSSR count). The van der Waals surface area contributed by atoms with Crippen molar-refractivity contribution in [1.82, 2.24) is 15.2 Å². The fourth-order valence-electron chi connectivity index (χ4n) is 1.12. The van der Waals surface area contributed by atoms with Gasteiger partial charge in [0, 0.05) is 10.2 Å². The molecule has 0 aromatic carbocycles. The minimum atomic E-state index is 0.546. The van der Waals surface area contributed by atoms with E-state index >= 15 is 0 Å². The van der Waals surface area contributed by atoms with Gasteiger partial charge < -0.3 is 5.73 Å². The van der Waals surface area contributed by atoms with Gasteiger partial charge in [-0.1, -0.05) is 0 Å². The van der Waals surface area contributed by atoms with Crippen LogP contribution < -0.4 is 5.73 Å². The van der Waals surface area contributed by atoms with Crippen LogP contribution in [-0.2, 0) is 0 Å². The number of halogens is 1. The van der Waals surface area contributed by atoms with Crippen LogP contribution in [-0.4, -0.2) is 15.2 Å². The maximum Gasteiger partial charge on any atom is 0.184 e. The summed E-state index contributed by atoms with van der Waals surface area (Å²) in [6, 6.07) is 1.91. The molecule has 2 aromatic rings. The van der Waals surface area contributed by atoms with Crippen molar-refractivity contribution in [3.05, 3.63) is 16.2 Å². The molecule has 0 radical (unpaired) electrons. The third kappa shape index (κ3) is 0.972. The SMILES string of the molecule is Cc1cc(Br)c2c(N)[nH]nc2n1. The number of anilines is 1. The fourth-order valence-corrected chi connectivity index (χ4v) is 1.84. The summed E-state index contributed by atoms with van der Waals surface area (Å²) in [5.74, 6) is 0.546. The fraction of sp³-hybridized carbons (Fsp3) is 0.143.